The predicted octanol–water partition coefficient (Wildman–Crippen LogP) is 0.749. The molecule has 0 aromatic carbocycles. The van der Waals surface area contributed by atoms with Crippen LogP contribution in [0.2, 0.25) is 0 Å². The van der Waals surface area contributed by atoms with E-state index in [1.54, 1.807) is 12.3 Å². The van der Waals surface area contributed by atoms with Gasteiger partial charge in [0.05, 0.1) is 0 Å². The van der Waals surface area contributed by atoms with Crippen molar-refractivity contribution in [3.63, 3.8) is 0 Å². The van der Waals surface area contributed by atoms with Gasteiger partial charge in [0.2, 0.25) is 5.56 Å². The van der Waals surface area contributed by atoms with Gasteiger partial charge in [-0.2, -0.15) is 0 Å². The number of aromatic nitrogens is 1. The molecule has 3 heteroatoms. The van der Waals surface area contributed by atoms with Crippen molar-refractivity contribution in [2.24, 2.45) is 0 Å². The van der Waals surface area contributed by atoms with Crippen molar-refractivity contribution in [2.75, 3.05) is 19.0 Å². The predicted molar refractivity (Wildman–Crippen MR) is 46.1 cm³/mol. The van der Waals surface area contributed by atoms with Gasteiger partial charge < -0.3 is 9.88 Å². The Kier molecular flexibility index (Phi) is 1.98. The smallest absolute Gasteiger partial charge is 0.250 e. The Balaban J connectivity index is 3.23. The summed E-state index contributed by atoms with van der Waals surface area (Å²) in [5, 5.41) is 0. The Labute approximate surface area is 65.7 Å². The largest absolute Gasteiger partial charge is 0.377 e. The fraction of sp³-hybridized carbons (Fsp3) is 0.375. The van der Waals surface area contributed by atoms with Crippen LogP contribution in [0.1, 0.15) is 5.56 Å². The molecule has 60 valence electrons. The lowest BCUT2D eigenvalue weighted by Gasteiger charge is -2.13. The minimum absolute atomic E-state index is 0.0562. The Bertz CT molecular complexity index is 301. The van der Waals surface area contributed by atoms with Crippen molar-refractivity contribution < 1.29 is 0 Å². The lowest BCUT2D eigenvalue weighted by molar-refractivity contribution is 1.08. The molecule has 1 aromatic rings. The SMILES string of the molecule is Cc1c[nH]c(=O)cc1N(C)C. The fourth-order valence-electron chi connectivity index (χ4n) is 1.01. The monoisotopic (exact) mass is 152 g/mol. The van der Waals surface area contributed by atoms with Crippen LogP contribution < -0.4 is 10.5 Å². The quantitative estimate of drug-likeness (QED) is 0.644. The number of anilines is 1. The highest BCUT2D eigenvalue weighted by Crippen LogP contribution is 2.11. The highest BCUT2D eigenvalue weighted by Gasteiger charge is 1.99. The topological polar surface area (TPSA) is 36.1 Å². The second-order valence-electron chi connectivity index (χ2n) is 2.76. The van der Waals surface area contributed by atoms with E-state index >= 15 is 0 Å². The second kappa shape index (κ2) is 2.78. The molecule has 0 amide bonds. The number of H-pyrrole nitrogens is 1. The highest BCUT2D eigenvalue weighted by molar-refractivity contribution is 5.49. The van der Waals surface area contributed by atoms with Crippen molar-refractivity contribution in [3.8, 4) is 0 Å². The molecule has 0 aliphatic rings. The summed E-state index contributed by atoms with van der Waals surface area (Å²) in [5.74, 6) is 0. The van der Waals surface area contributed by atoms with Gasteiger partial charge in [-0.1, -0.05) is 0 Å². The van der Waals surface area contributed by atoms with Crippen LogP contribution in [-0.2, 0) is 0 Å². The lowest BCUT2D eigenvalue weighted by Crippen LogP contribution is -2.14. The minimum Gasteiger partial charge on any atom is -0.377 e. The third-order valence-electron chi connectivity index (χ3n) is 1.58. The number of aromatic amines is 1. The first-order chi connectivity index (χ1) is 5.11. The summed E-state index contributed by atoms with van der Waals surface area (Å²) in [5.41, 5.74) is 1.99. The van der Waals surface area contributed by atoms with Crippen LogP contribution in [0.4, 0.5) is 5.69 Å². The molecular formula is C8H12N2O. The van der Waals surface area contributed by atoms with E-state index in [9.17, 15) is 4.79 Å². The van der Waals surface area contributed by atoms with Gasteiger partial charge in [0.1, 0.15) is 0 Å². The van der Waals surface area contributed by atoms with Crippen LogP contribution in [-0.4, -0.2) is 19.1 Å². The summed E-state index contributed by atoms with van der Waals surface area (Å²) in [6.07, 6.45) is 1.72. The van der Waals surface area contributed by atoms with Crippen molar-refractivity contribution in [2.45, 2.75) is 6.92 Å². The number of rotatable bonds is 1. The van der Waals surface area contributed by atoms with Gasteiger partial charge >= 0.3 is 0 Å². The zero-order valence-corrected chi connectivity index (χ0v) is 7.01. The Hall–Kier alpha value is -1.25. The van der Waals surface area contributed by atoms with Crippen LogP contribution in [0.15, 0.2) is 17.1 Å². The van der Waals surface area contributed by atoms with Gasteiger partial charge in [-0.15, -0.1) is 0 Å². The first kappa shape index (κ1) is 7.85. The van der Waals surface area contributed by atoms with Crippen molar-refractivity contribution >= 4 is 5.69 Å². The molecule has 11 heavy (non-hydrogen) atoms. The Morgan fingerprint density at radius 1 is 1.45 bits per heavy atom. The zero-order chi connectivity index (χ0) is 8.43. The molecule has 1 N–H and O–H groups in total. The van der Waals surface area contributed by atoms with Gasteiger partial charge in [0.25, 0.3) is 0 Å². The summed E-state index contributed by atoms with van der Waals surface area (Å²) >= 11 is 0. The van der Waals surface area contributed by atoms with E-state index in [4.69, 9.17) is 0 Å². The summed E-state index contributed by atoms with van der Waals surface area (Å²) in [4.78, 5) is 15.4. The fourth-order valence-corrected chi connectivity index (χ4v) is 1.01. The molecule has 0 saturated heterocycles. The van der Waals surface area contributed by atoms with Crippen LogP contribution >= 0.6 is 0 Å². The van der Waals surface area contributed by atoms with Gasteiger partial charge in [-0.25, -0.2) is 0 Å². The summed E-state index contributed by atoms with van der Waals surface area (Å²) in [6, 6.07) is 1.59. The van der Waals surface area contributed by atoms with Gasteiger partial charge in [0, 0.05) is 32.0 Å². The molecule has 0 fully saturated rings. The minimum atomic E-state index is -0.0562. The van der Waals surface area contributed by atoms with Crippen molar-refractivity contribution in [1.82, 2.24) is 4.98 Å². The van der Waals surface area contributed by atoms with Crippen LogP contribution in [0.25, 0.3) is 0 Å². The molecule has 0 spiro atoms. The number of nitrogens with one attached hydrogen (secondary N) is 1. The maximum atomic E-state index is 10.9. The summed E-state index contributed by atoms with van der Waals surface area (Å²) < 4.78 is 0. The molecule has 1 aromatic heterocycles. The maximum absolute atomic E-state index is 10.9. The van der Waals surface area contributed by atoms with Gasteiger partial charge in [0.15, 0.2) is 0 Å². The van der Waals surface area contributed by atoms with Crippen LogP contribution in [0.5, 0.6) is 0 Å². The number of aryl methyl sites for hydroxylation is 1. The first-order valence-electron chi connectivity index (χ1n) is 3.48. The van der Waals surface area contributed by atoms with E-state index in [0.29, 0.717) is 0 Å². The molecule has 0 unspecified atom stereocenters. The summed E-state index contributed by atoms with van der Waals surface area (Å²) in [6.45, 7) is 1.96. The number of nitrogens with zero attached hydrogens (tertiary/aromatic N) is 1. The first-order valence-corrected chi connectivity index (χ1v) is 3.48. The third kappa shape index (κ3) is 1.61. The number of hydrogen-bond donors (Lipinski definition) is 1. The van der Waals surface area contributed by atoms with E-state index in [1.807, 2.05) is 25.9 Å². The van der Waals surface area contributed by atoms with E-state index in [-0.39, 0.29) is 5.56 Å². The maximum Gasteiger partial charge on any atom is 0.250 e. The molecule has 0 aliphatic heterocycles. The third-order valence-corrected chi connectivity index (χ3v) is 1.58. The van der Waals surface area contributed by atoms with Crippen LogP contribution in [0.3, 0.4) is 0 Å². The number of hydrogen-bond acceptors (Lipinski definition) is 2. The molecule has 0 aliphatic carbocycles. The molecule has 0 radical (unpaired) electrons. The van der Waals surface area contributed by atoms with Gasteiger partial charge in [-0.3, -0.25) is 4.79 Å². The highest BCUT2D eigenvalue weighted by atomic mass is 16.1. The van der Waals surface area contributed by atoms with E-state index < -0.39 is 0 Å². The number of pyridine rings is 1. The Morgan fingerprint density at radius 2 is 2.09 bits per heavy atom. The zero-order valence-electron chi connectivity index (χ0n) is 7.01. The van der Waals surface area contributed by atoms with Gasteiger partial charge in [-0.05, 0) is 12.5 Å². The Morgan fingerprint density at radius 3 is 2.55 bits per heavy atom. The second-order valence-corrected chi connectivity index (χ2v) is 2.76. The molecule has 0 bridgehead atoms. The van der Waals surface area contributed by atoms with E-state index in [1.165, 1.54) is 0 Å². The molecule has 0 saturated carbocycles. The normalized spacial score (nSPS) is 9.73. The van der Waals surface area contributed by atoms with Crippen molar-refractivity contribution in [3.05, 3.63) is 28.2 Å². The summed E-state index contributed by atoms with van der Waals surface area (Å²) in [7, 11) is 3.84. The average Bonchev–Trinajstić information content (AvgIpc) is 1.94. The van der Waals surface area contributed by atoms with E-state index in [0.717, 1.165) is 11.3 Å². The average molecular weight is 152 g/mol. The van der Waals surface area contributed by atoms with E-state index in [2.05, 4.69) is 4.98 Å². The molecule has 0 atom stereocenters. The molecule has 3 nitrogen and oxygen atoms in total. The standard InChI is InChI=1S/C8H12N2O/c1-6-5-9-8(11)4-7(6)10(2)3/h4-5H,1-3H3,(H,9,11). The molecule has 1 rings (SSSR count). The molecule has 1 heterocycles. The molecular weight excluding hydrogens is 140 g/mol. The van der Waals surface area contributed by atoms with Crippen LogP contribution in [0, 0.1) is 6.92 Å². The van der Waals surface area contributed by atoms with Crippen molar-refractivity contribution in [1.29, 1.82) is 0 Å². The lowest BCUT2D eigenvalue weighted by atomic mass is 10.2.